The third-order valence-electron chi connectivity index (χ3n) is 5.66. The number of nitrogens with one attached hydrogen (secondary N) is 2. The Kier molecular flexibility index (Phi) is 12.4. The maximum Gasteiger partial charge on any atom is 0.191 e. The van der Waals surface area contributed by atoms with Crippen molar-refractivity contribution in [2.75, 3.05) is 47.0 Å². The Hall–Kier alpha value is -1.84. The first-order valence-electron chi connectivity index (χ1n) is 11.2. The summed E-state index contributed by atoms with van der Waals surface area (Å²) < 4.78 is 11.5. The molecule has 2 aromatic carbocycles. The molecule has 0 atom stereocenters. The summed E-state index contributed by atoms with van der Waals surface area (Å²) in [5, 5.41) is 6.75. The van der Waals surface area contributed by atoms with Crippen molar-refractivity contribution in [1.82, 2.24) is 15.5 Å². The number of rotatable bonds is 10. The second-order valence-corrected chi connectivity index (χ2v) is 7.91. The molecule has 0 unspecified atom stereocenters. The molecule has 2 N–H and O–H groups in total. The monoisotopic (exact) mass is 552 g/mol. The molecule has 6 nitrogen and oxygen atoms in total. The van der Waals surface area contributed by atoms with Crippen LogP contribution in [0.15, 0.2) is 59.6 Å². The van der Waals surface area contributed by atoms with E-state index in [9.17, 15) is 0 Å². The second-order valence-electron chi connectivity index (χ2n) is 7.91. The molecule has 0 bridgehead atoms. The molecule has 1 heterocycles. The van der Waals surface area contributed by atoms with Gasteiger partial charge in [-0.2, -0.15) is 0 Å². The van der Waals surface area contributed by atoms with Gasteiger partial charge >= 0.3 is 0 Å². The minimum atomic E-state index is 0. The summed E-state index contributed by atoms with van der Waals surface area (Å²) in [6.45, 7) is 4.89. The topological polar surface area (TPSA) is 58.1 Å². The lowest BCUT2D eigenvalue weighted by molar-refractivity contribution is 0.0392. The Labute approximate surface area is 209 Å². The Balaban J connectivity index is 0.00000363. The van der Waals surface area contributed by atoms with Crippen molar-refractivity contribution in [3.05, 3.63) is 65.7 Å². The van der Waals surface area contributed by atoms with E-state index < -0.39 is 0 Å². The van der Waals surface area contributed by atoms with Crippen molar-refractivity contribution in [3.63, 3.8) is 0 Å². The first kappa shape index (κ1) is 26.4. The lowest BCUT2D eigenvalue weighted by Gasteiger charge is -2.31. The Morgan fingerprint density at radius 3 is 2.56 bits per heavy atom. The minimum Gasteiger partial charge on any atom is -0.492 e. The highest BCUT2D eigenvalue weighted by atomic mass is 127. The van der Waals surface area contributed by atoms with E-state index in [1.807, 2.05) is 18.2 Å². The predicted molar refractivity (Wildman–Crippen MR) is 142 cm³/mol. The van der Waals surface area contributed by atoms with Crippen molar-refractivity contribution in [2.24, 2.45) is 4.99 Å². The molecule has 0 amide bonds. The summed E-state index contributed by atoms with van der Waals surface area (Å²) in [6.07, 6.45) is 3.18. The molecule has 1 fully saturated rings. The maximum absolute atomic E-state index is 6.01. The van der Waals surface area contributed by atoms with Gasteiger partial charge in [-0.3, -0.25) is 9.89 Å². The quantitative estimate of drug-likeness (QED) is 0.268. The zero-order valence-electron chi connectivity index (χ0n) is 19.3. The van der Waals surface area contributed by atoms with Crippen LogP contribution in [0.1, 0.15) is 24.0 Å². The van der Waals surface area contributed by atoms with E-state index in [0.29, 0.717) is 19.2 Å². The van der Waals surface area contributed by atoms with Crippen molar-refractivity contribution >= 4 is 29.9 Å². The lowest BCUT2D eigenvalue weighted by Crippen LogP contribution is -2.38. The number of halogens is 1. The zero-order valence-corrected chi connectivity index (χ0v) is 21.6. The van der Waals surface area contributed by atoms with Crippen LogP contribution in [0.25, 0.3) is 0 Å². The molecule has 0 aromatic heterocycles. The number of ether oxygens (including phenoxy) is 2. The molecule has 1 aliphatic heterocycles. The first-order chi connectivity index (χ1) is 15.2. The summed E-state index contributed by atoms with van der Waals surface area (Å²) in [6, 6.07) is 19.3. The van der Waals surface area contributed by atoms with Gasteiger partial charge in [-0.05, 0) is 49.6 Å². The molecule has 3 rings (SSSR count). The number of hydrogen-bond acceptors (Lipinski definition) is 4. The van der Waals surface area contributed by atoms with E-state index in [1.165, 1.54) is 11.1 Å². The number of hydrogen-bond donors (Lipinski definition) is 2. The molecule has 32 heavy (non-hydrogen) atoms. The molecule has 1 aliphatic rings. The number of aliphatic imine (C=N–C) groups is 1. The van der Waals surface area contributed by atoms with Crippen LogP contribution in [0, 0.1) is 0 Å². The third kappa shape index (κ3) is 9.34. The fraction of sp³-hybridized carbons (Fsp3) is 0.480. The minimum absolute atomic E-state index is 0. The zero-order chi connectivity index (χ0) is 21.7. The van der Waals surface area contributed by atoms with E-state index in [1.54, 1.807) is 7.05 Å². The molecular formula is C25H37IN4O2. The highest BCUT2D eigenvalue weighted by Crippen LogP contribution is 2.15. The van der Waals surface area contributed by atoms with Crippen molar-refractivity contribution in [1.29, 1.82) is 0 Å². The molecule has 0 radical (unpaired) electrons. The number of guanidine groups is 1. The lowest BCUT2D eigenvalue weighted by atomic mass is 10.1. The summed E-state index contributed by atoms with van der Waals surface area (Å²) in [5.74, 6) is 1.71. The fourth-order valence-electron chi connectivity index (χ4n) is 3.74. The van der Waals surface area contributed by atoms with Gasteiger partial charge in [0.05, 0.1) is 0 Å². The van der Waals surface area contributed by atoms with Crippen LogP contribution < -0.4 is 15.4 Å². The van der Waals surface area contributed by atoms with Gasteiger partial charge in [-0.25, -0.2) is 0 Å². The van der Waals surface area contributed by atoms with E-state index in [-0.39, 0.29) is 24.0 Å². The van der Waals surface area contributed by atoms with E-state index in [0.717, 1.165) is 57.3 Å². The van der Waals surface area contributed by atoms with Crippen LogP contribution in [-0.2, 0) is 17.7 Å². The number of benzene rings is 2. The third-order valence-corrected chi connectivity index (χ3v) is 5.66. The van der Waals surface area contributed by atoms with Crippen LogP contribution in [0.4, 0.5) is 0 Å². The number of likely N-dealkylation sites (N-methyl/N-ethyl adjacent to an activating group) is 1. The molecule has 0 saturated carbocycles. The molecule has 176 valence electrons. The standard InChI is InChI=1S/C25H36N4O2.HI/c1-26-25(27-14-11-21-7-4-3-5-8-21)28-20-22-9-6-10-24(19-22)31-18-15-29(2)23-12-16-30-17-13-23;/h3-10,19,23H,11-18,20H2,1-2H3,(H2,26,27,28);1H. The summed E-state index contributed by atoms with van der Waals surface area (Å²) in [4.78, 5) is 6.71. The average Bonchev–Trinajstić information content (AvgIpc) is 2.82. The van der Waals surface area contributed by atoms with Gasteiger partial charge in [0.1, 0.15) is 12.4 Å². The average molecular weight is 553 g/mol. The van der Waals surface area contributed by atoms with Crippen molar-refractivity contribution < 1.29 is 9.47 Å². The first-order valence-corrected chi connectivity index (χ1v) is 11.2. The Bertz CT molecular complexity index is 798. The van der Waals surface area contributed by atoms with Crippen LogP contribution >= 0.6 is 24.0 Å². The van der Waals surface area contributed by atoms with Crippen molar-refractivity contribution in [3.8, 4) is 5.75 Å². The van der Waals surface area contributed by atoms with Crippen LogP contribution in [0.2, 0.25) is 0 Å². The van der Waals surface area contributed by atoms with Gasteiger partial charge in [0.15, 0.2) is 5.96 Å². The van der Waals surface area contributed by atoms with Gasteiger partial charge < -0.3 is 20.1 Å². The molecule has 7 heteroatoms. The van der Waals surface area contributed by atoms with Gasteiger partial charge in [-0.1, -0.05) is 42.5 Å². The van der Waals surface area contributed by atoms with Crippen LogP contribution in [-0.4, -0.2) is 63.9 Å². The number of nitrogens with zero attached hydrogens (tertiary/aromatic N) is 2. The normalized spacial score (nSPS) is 14.7. The molecule has 0 aliphatic carbocycles. The molecule has 0 spiro atoms. The summed E-state index contributed by atoms with van der Waals surface area (Å²) >= 11 is 0. The van der Waals surface area contributed by atoms with E-state index in [2.05, 4.69) is 64.0 Å². The van der Waals surface area contributed by atoms with E-state index >= 15 is 0 Å². The molecule has 2 aromatic rings. The Morgan fingerprint density at radius 1 is 1.06 bits per heavy atom. The van der Waals surface area contributed by atoms with Gasteiger partial charge in [0.2, 0.25) is 0 Å². The highest BCUT2D eigenvalue weighted by molar-refractivity contribution is 14.0. The summed E-state index contributed by atoms with van der Waals surface area (Å²) in [5.41, 5.74) is 2.49. The molecular weight excluding hydrogens is 515 g/mol. The van der Waals surface area contributed by atoms with Crippen LogP contribution in [0.5, 0.6) is 5.75 Å². The van der Waals surface area contributed by atoms with Crippen LogP contribution in [0.3, 0.4) is 0 Å². The van der Waals surface area contributed by atoms with Gasteiger partial charge in [0, 0.05) is 45.9 Å². The summed E-state index contributed by atoms with van der Waals surface area (Å²) in [7, 11) is 3.97. The van der Waals surface area contributed by atoms with Gasteiger partial charge in [-0.15, -0.1) is 24.0 Å². The maximum atomic E-state index is 6.01. The fourth-order valence-corrected chi connectivity index (χ4v) is 3.74. The van der Waals surface area contributed by atoms with Gasteiger partial charge in [0.25, 0.3) is 0 Å². The highest BCUT2D eigenvalue weighted by Gasteiger charge is 2.17. The van der Waals surface area contributed by atoms with Crippen molar-refractivity contribution in [2.45, 2.75) is 31.8 Å². The SMILES string of the molecule is CN=C(NCCc1ccccc1)NCc1cccc(OCCN(C)C2CCOCC2)c1.I. The molecule has 1 saturated heterocycles. The largest absolute Gasteiger partial charge is 0.492 e. The second kappa shape index (κ2) is 15.1. The predicted octanol–water partition coefficient (Wildman–Crippen LogP) is 3.70. The Morgan fingerprint density at radius 2 is 1.81 bits per heavy atom. The smallest absolute Gasteiger partial charge is 0.191 e. The van der Waals surface area contributed by atoms with E-state index in [4.69, 9.17) is 9.47 Å².